The van der Waals surface area contributed by atoms with Crippen molar-refractivity contribution in [2.45, 2.75) is 53.6 Å². The lowest BCUT2D eigenvalue weighted by atomic mass is 10.0. The summed E-state index contributed by atoms with van der Waals surface area (Å²) in [6, 6.07) is 7.07. The molecule has 3 aromatic rings. The summed E-state index contributed by atoms with van der Waals surface area (Å²) in [6.45, 7) is 9.77. The number of benzene rings is 2. The van der Waals surface area contributed by atoms with E-state index in [1.807, 2.05) is 26.0 Å². The second kappa shape index (κ2) is 7.08. The quantitative estimate of drug-likeness (QED) is 0.546. The Morgan fingerprint density at radius 2 is 1.82 bits per heavy atom. The van der Waals surface area contributed by atoms with Crippen LogP contribution < -0.4 is 5.32 Å². The van der Waals surface area contributed by atoms with Crippen LogP contribution in [-0.4, -0.2) is 10.9 Å². The van der Waals surface area contributed by atoms with Crippen molar-refractivity contribution in [1.82, 2.24) is 4.57 Å². The number of fused-ring (bicyclic) bond motifs is 1. The van der Waals surface area contributed by atoms with E-state index in [1.165, 1.54) is 24.1 Å². The van der Waals surface area contributed by atoms with Gasteiger partial charge in [0.2, 0.25) is 0 Å². The third kappa shape index (κ3) is 3.21. The molecule has 4 heteroatoms. The number of aromatic nitrogens is 1. The molecule has 0 amide bonds. The molecule has 1 fully saturated rings. The SMILES string of the molecule is Cc1cc(F)cc(C)c1CNc1ccc(C=O)c2c(C)c(C)n(CC3CC3)c12. The number of nitrogens with one attached hydrogen (secondary N) is 1. The number of aryl methyl sites for hydroxylation is 3. The Bertz CT molecular complexity index is 1050. The van der Waals surface area contributed by atoms with Crippen LogP contribution in [0.4, 0.5) is 10.1 Å². The minimum atomic E-state index is -0.193. The van der Waals surface area contributed by atoms with Crippen molar-refractivity contribution in [2.24, 2.45) is 5.92 Å². The maximum Gasteiger partial charge on any atom is 0.150 e. The summed E-state index contributed by atoms with van der Waals surface area (Å²) in [4.78, 5) is 11.7. The molecule has 0 atom stereocenters. The van der Waals surface area contributed by atoms with E-state index in [1.54, 1.807) is 12.1 Å². The molecule has 1 heterocycles. The predicted octanol–water partition coefficient (Wildman–Crippen LogP) is 5.85. The number of anilines is 1. The molecule has 146 valence electrons. The van der Waals surface area contributed by atoms with Crippen LogP contribution in [-0.2, 0) is 13.1 Å². The molecule has 0 radical (unpaired) electrons. The van der Waals surface area contributed by atoms with Gasteiger partial charge in [0.15, 0.2) is 6.29 Å². The number of nitrogens with zero attached hydrogens (tertiary/aromatic N) is 1. The molecule has 0 spiro atoms. The molecule has 1 N–H and O–H groups in total. The standard InChI is InChI=1S/C24H27FN2O/c1-14-9-20(25)10-15(2)21(14)11-26-22-8-7-19(13-28)23-16(3)17(4)27(24(22)23)12-18-5-6-18/h7-10,13,18,26H,5-6,11-12H2,1-4H3. The van der Waals surface area contributed by atoms with Crippen molar-refractivity contribution in [2.75, 3.05) is 5.32 Å². The summed E-state index contributed by atoms with van der Waals surface area (Å²) in [6.07, 6.45) is 3.51. The van der Waals surface area contributed by atoms with Crippen molar-refractivity contribution < 1.29 is 9.18 Å². The Morgan fingerprint density at radius 3 is 2.43 bits per heavy atom. The zero-order valence-electron chi connectivity index (χ0n) is 17.0. The summed E-state index contributed by atoms with van der Waals surface area (Å²) in [7, 11) is 0. The van der Waals surface area contributed by atoms with E-state index in [2.05, 4.69) is 23.7 Å². The van der Waals surface area contributed by atoms with Gasteiger partial charge < -0.3 is 9.88 Å². The van der Waals surface area contributed by atoms with E-state index in [4.69, 9.17) is 0 Å². The summed E-state index contributed by atoms with van der Waals surface area (Å²) in [5.74, 6) is 0.545. The van der Waals surface area contributed by atoms with Gasteiger partial charge in [-0.2, -0.15) is 0 Å². The molecule has 1 aliphatic rings. The van der Waals surface area contributed by atoms with Crippen LogP contribution in [0.1, 0.15) is 51.1 Å². The number of aldehydes is 1. The number of carbonyl (C=O) groups is 1. The third-order valence-corrected chi connectivity index (χ3v) is 6.18. The lowest BCUT2D eigenvalue weighted by Gasteiger charge is -2.16. The molecule has 0 saturated heterocycles. The number of hydrogen-bond donors (Lipinski definition) is 1. The van der Waals surface area contributed by atoms with E-state index in [0.29, 0.717) is 6.54 Å². The minimum Gasteiger partial charge on any atom is -0.379 e. The zero-order chi connectivity index (χ0) is 20.0. The molecular formula is C24H27FN2O. The second-order valence-electron chi connectivity index (χ2n) is 8.18. The Kier molecular flexibility index (Phi) is 4.74. The molecule has 3 nitrogen and oxygen atoms in total. The Balaban J connectivity index is 1.79. The first-order valence-corrected chi connectivity index (χ1v) is 9.97. The number of rotatable bonds is 6. The Morgan fingerprint density at radius 1 is 1.14 bits per heavy atom. The average molecular weight is 378 g/mol. The number of hydrogen-bond acceptors (Lipinski definition) is 2. The van der Waals surface area contributed by atoms with Gasteiger partial charge >= 0.3 is 0 Å². The molecular weight excluding hydrogens is 351 g/mol. The summed E-state index contributed by atoms with van der Waals surface area (Å²) in [5.41, 5.74) is 8.30. The highest BCUT2D eigenvalue weighted by Crippen LogP contribution is 2.38. The Hall–Kier alpha value is -2.62. The van der Waals surface area contributed by atoms with Crippen LogP contribution in [0.15, 0.2) is 24.3 Å². The van der Waals surface area contributed by atoms with Crippen molar-refractivity contribution in [3.8, 4) is 0 Å². The van der Waals surface area contributed by atoms with Crippen molar-refractivity contribution >= 4 is 22.9 Å². The fourth-order valence-corrected chi connectivity index (χ4v) is 4.26. The monoisotopic (exact) mass is 378 g/mol. The maximum absolute atomic E-state index is 13.6. The predicted molar refractivity (Wildman–Crippen MR) is 113 cm³/mol. The molecule has 4 rings (SSSR count). The molecule has 1 saturated carbocycles. The van der Waals surface area contributed by atoms with Gasteiger partial charge in [-0.3, -0.25) is 4.79 Å². The van der Waals surface area contributed by atoms with Crippen LogP contribution in [0.2, 0.25) is 0 Å². The highest BCUT2D eigenvalue weighted by Gasteiger charge is 2.25. The minimum absolute atomic E-state index is 0.193. The van der Waals surface area contributed by atoms with Crippen molar-refractivity contribution in [3.63, 3.8) is 0 Å². The zero-order valence-corrected chi connectivity index (χ0v) is 17.0. The van der Waals surface area contributed by atoms with Gasteiger partial charge in [-0.05, 0) is 93.0 Å². The first-order valence-electron chi connectivity index (χ1n) is 9.97. The first-order chi connectivity index (χ1) is 13.4. The smallest absolute Gasteiger partial charge is 0.150 e. The normalized spacial score (nSPS) is 13.9. The average Bonchev–Trinajstić information content (AvgIpc) is 3.43. The van der Waals surface area contributed by atoms with Gasteiger partial charge in [-0.15, -0.1) is 0 Å². The largest absolute Gasteiger partial charge is 0.379 e. The van der Waals surface area contributed by atoms with Gasteiger partial charge in [0.05, 0.1) is 11.2 Å². The van der Waals surface area contributed by atoms with Crippen LogP contribution in [0, 0.1) is 39.4 Å². The summed E-state index contributed by atoms with van der Waals surface area (Å²) in [5, 5.41) is 4.62. The fourth-order valence-electron chi connectivity index (χ4n) is 4.26. The van der Waals surface area contributed by atoms with Crippen LogP contribution in [0.3, 0.4) is 0 Å². The summed E-state index contributed by atoms with van der Waals surface area (Å²) < 4.78 is 16.0. The fraction of sp³-hybridized carbons (Fsp3) is 0.375. The van der Waals surface area contributed by atoms with Gasteiger partial charge in [0, 0.05) is 29.7 Å². The maximum atomic E-state index is 13.6. The third-order valence-electron chi connectivity index (χ3n) is 6.18. The van der Waals surface area contributed by atoms with E-state index in [9.17, 15) is 9.18 Å². The van der Waals surface area contributed by atoms with E-state index in [0.717, 1.165) is 57.6 Å². The first kappa shape index (κ1) is 18.7. The molecule has 1 aliphatic carbocycles. The van der Waals surface area contributed by atoms with E-state index < -0.39 is 0 Å². The lowest BCUT2D eigenvalue weighted by molar-refractivity contribution is 0.112. The van der Waals surface area contributed by atoms with Crippen LogP contribution in [0.5, 0.6) is 0 Å². The van der Waals surface area contributed by atoms with Crippen molar-refractivity contribution in [1.29, 1.82) is 0 Å². The molecule has 0 unspecified atom stereocenters. The molecule has 0 bridgehead atoms. The number of halogens is 1. The van der Waals surface area contributed by atoms with Crippen molar-refractivity contribution in [3.05, 3.63) is 63.6 Å². The highest BCUT2D eigenvalue weighted by atomic mass is 19.1. The van der Waals surface area contributed by atoms with E-state index >= 15 is 0 Å². The lowest BCUT2D eigenvalue weighted by Crippen LogP contribution is -2.08. The van der Waals surface area contributed by atoms with Crippen LogP contribution in [0.25, 0.3) is 10.9 Å². The van der Waals surface area contributed by atoms with Gasteiger partial charge in [-0.25, -0.2) is 4.39 Å². The van der Waals surface area contributed by atoms with Gasteiger partial charge in [-0.1, -0.05) is 0 Å². The number of carbonyl (C=O) groups excluding carboxylic acids is 1. The molecule has 1 aromatic heterocycles. The van der Waals surface area contributed by atoms with E-state index in [-0.39, 0.29) is 5.82 Å². The van der Waals surface area contributed by atoms with Gasteiger partial charge in [0.1, 0.15) is 5.82 Å². The molecule has 2 aromatic carbocycles. The highest BCUT2D eigenvalue weighted by molar-refractivity contribution is 6.05. The molecule has 28 heavy (non-hydrogen) atoms. The summed E-state index contributed by atoms with van der Waals surface area (Å²) >= 11 is 0. The second-order valence-corrected chi connectivity index (χ2v) is 8.18. The molecule has 0 aliphatic heterocycles. The van der Waals surface area contributed by atoms with Crippen LogP contribution >= 0.6 is 0 Å². The van der Waals surface area contributed by atoms with Gasteiger partial charge in [0.25, 0.3) is 0 Å². The topological polar surface area (TPSA) is 34.0 Å². The Labute approximate surface area is 165 Å².